The number of halogens is 1. The molecule has 0 aliphatic rings. The minimum atomic E-state index is -1.33. The summed E-state index contributed by atoms with van der Waals surface area (Å²) in [5.74, 6) is 1.30. The molecule has 158 valence electrons. The molecule has 0 radical (unpaired) electrons. The van der Waals surface area contributed by atoms with Crippen LogP contribution in [0.15, 0.2) is 60.8 Å². The third-order valence-corrected chi connectivity index (χ3v) is 5.41. The Balaban J connectivity index is 1.66. The normalized spacial score (nSPS) is 11.0. The summed E-state index contributed by atoms with van der Waals surface area (Å²) in [6, 6.07) is 16.9. The number of benzene rings is 2. The smallest absolute Gasteiger partial charge is 0.449 e. The number of fused-ring (bicyclic) bond motifs is 1. The predicted octanol–water partition coefficient (Wildman–Crippen LogP) is 6.20. The van der Waals surface area contributed by atoms with Crippen molar-refractivity contribution < 1.29 is 14.6 Å². The molecule has 2 aromatic carbocycles. The molecule has 31 heavy (non-hydrogen) atoms. The first-order valence-electron chi connectivity index (χ1n) is 10.2. The van der Waals surface area contributed by atoms with E-state index < -0.39 is 6.16 Å². The van der Waals surface area contributed by atoms with Crippen molar-refractivity contribution in [1.82, 2.24) is 14.5 Å². The minimum absolute atomic E-state index is 0.308. The number of hydrogen-bond donors (Lipinski definition) is 1. The van der Waals surface area contributed by atoms with Gasteiger partial charge in [-0.2, -0.15) is 0 Å². The molecule has 0 aliphatic heterocycles. The lowest BCUT2D eigenvalue weighted by atomic mass is 10.0. The van der Waals surface area contributed by atoms with Crippen molar-refractivity contribution in [3.05, 3.63) is 77.3 Å². The highest BCUT2D eigenvalue weighted by Crippen LogP contribution is 2.31. The van der Waals surface area contributed by atoms with Gasteiger partial charge >= 0.3 is 6.16 Å². The molecule has 0 saturated heterocycles. The molecule has 0 atom stereocenters. The fourth-order valence-corrected chi connectivity index (χ4v) is 3.90. The van der Waals surface area contributed by atoms with Gasteiger partial charge < -0.3 is 14.4 Å². The number of pyridine rings is 1. The van der Waals surface area contributed by atoms with Crippen molar-refractivity contribution in [2.75, 3.05) is 0 Å². The molecule has 4 aromatic rings. The second-order valence-electron chi connectivity index (χ2n) is 7.25. The van der Waals surface area contributed by atoms with Gasteiger partial charge in [-0.05, 0) is 29.7 Å². The number of rotatable bonds is 7. The van der Waals surface area contributed by atoms with Gasteiger partial charge in [0.25, 0.3) is 0 Å². The Labute approximate surface area is 185 Å². The molecule has 4 rings (SSSR count). The monoisotopic (exact) mass is 435 g/mol. The molecular weight excluding hydrogens is 414 g/mol. The highest BCUT2D eigenvalue weighted by Gasteiger charge is 2.15. The van der Waals surface area contributed by atoms with Crippen LogP contribution in [0.3, 0.4) is 0 Å². The summed E-state index contributed by atoms with van der Waals surface area (Å²) in [5.41, 5.74) is 4.38. The van der Waals surface area contributed by atoms with E-state index in [2.05, 4.69) is 16.5 Å². The maximum absolute atomic E-state index is 11.0. The van der Waals surface area contributed by atoms with Crippen molar-refractivity contribution in [2.45, 2.75) is 32.7 Å². The molecule has 0 unspecified atom stereocenters. The Morgan fingerprint density at radius 3 is 2.65 bits per heavy atom. The van der Waals surface area contributed by atoms with E-state index in [-0.39, 0.29) is 0 Å². The Bertz CT molecular complexity index is 1220. The summed E-state index contributed by atoms with van der Waals surface area (Å²) in [7, 11) is 0. The molecule has 0 aliphatic carbocycles. The number of carboxylic acid groups (broad SMARTS) is 1. The average Bonchev–Trinajstić information content (AvgIpc) is 3.11. The average molecular weight is 436 g/mol. The van der Waals surface area contributed by atoms with E-state index in [0.717, 1.165) is 52.8 Å². The Hall–Kier alpha value is -3.38. The fourth-order valence-electron chi connectivity index (χ4n) is 3.64. The van der Waals surface area contributed by atoms with Gasteiger partial charge in [-0.15, -0.1) is 0 Å². The first-order chi connectivity index (χ1) is 15.1. The quantitative estimate of drug-likeness (QED) is 0.212. The summed E-state index contributed by atoms with van der Waals surface area (Å²) in [5, 5.41) is 9.42. The van der Waals surface area contributed by atoms with Crippen LogP contribution in [0.4, 0.5) is 4.79 Å². The number of nitrogens with zero attached hydrogens (tertiary/aromatic N) is 3. The standard InChI is InChI=1S/C24H22ClN3O3/c1-2-3-8-21-27-19-13-14-26-23(25)22(19)28(21)15-16-9-11-17(12-10-16)18-6-4-5-7-20(18)31-24(29)30/h4-7,9-14H,2-3,8,15H2,1H3,(H,29,30). The van der Waals surface area contributed by atoms with E-state index in [1.165, 1.54) is 0 Å². The van der Waals surface area contributed by atoms with Gasteiger partial charge in [-0.25, -0.2) is 14.8 Å². The predicted molar refractivity (Wildman–Crippen MR) is 121 cm³/mol. The molecular formula is C24H22ClN3O3. The van der Waals surface area contributed by atoms with Gasteiger partial charge in [0.1, 0.15) is 17.1 Å². The van der Waals surface area contributed by atoms with E-state index in [4.69, 9.17) is 26.4 Å². The van der Waals surface area contributed by atoms with Gasteiger partial charge in [0.05, 0.1) is 5.52 Å². The highest BCUT2D eigenvalue weighted by atomic mass is 35.5. The zero-order chi connectivity index (χ0) is 21.8. The van der Waals surface area contributed by atoms with Crippen LogP contribution in [0.1, 0.15) is 31.2 Å². The molecule has 0 fully saturated rings. The van der Waals surface area contributed by atoms with Gasteiger partial charge in [0, 0.05) is 24.7 Å². The van der Waals surface area contributed by atoms with E-state index >= 15 is 0 Å². The molecule has 6 nitrogen and oxygen atoms in total. The maximum atomic E-state index is 11.0. The lowest BCUT2D eigenvalue weighted by Gasteiger charge is -2.12. The van der Waals surface area contributed by atoms with Crippen LogP contribution >= 0.6 is 11.6 Å². The minimum Gasteiger partial charge on any atom is -0.449 e. The zero-order valence-electron chi connectivity index (χ0n) is 17.1. The Morgan fingerprint density at radius 1 is 1.13 bits per heavy atom. The second kappa shape index (κ2) is 9.18. The number of imidazole rings is 1. The van der Waals surface area contributed by atoms with Crippen molar-refractivity contribution in [1.29, 1.82) is 0 Å². The summed E-state index contributed by atoms with van der Waals surface area (Å²) in [6.07, 6.45) is 3.35. The summed E-state index contributed by atoms with van der Waals surface area (Å²) in [4.78, 5) is 20.0. The van der Waals surface area contributed by atoms with Crippen molar-refractivity contribution in [2.24, 2.45) is 0 Å². The van der Waals surface area contributed by atoms with Crippen molar-refractivity contribution >= 4 is 28.8 Å². The van der Waals surface area contributed by atoms with Gasteiger partial charge in [0.2, 0.25) is 0 Å². The van der Waals surface area contributed by atoms with Gasteiger partial charge in [-0.3, -0.25) is 0 Å². The van der Waals surface area contributed by atoms with E-state index in [9.17, 15) is 4.79 Å². The molecule has 1 N–H and O–H groups in total. The molecule has 2 heterocycles. The number of aromatic nitrogens is 3. The van der Waals surface area contributed by atoms with Crippen molar-refractivity contribution in [3.8, 4) is 16.9 Å². The third kappa shape index (κ3) is 4.54. The van der Waals surface area contributed by atoms with Crippen molar-refractivity contribution in [3.63, 3.8) is 0 Å². The van der Waals surface area contributed by atoms with Crippen LogP contribution in [-0.4, -0.2) is 25.8 Å². The highest BCUT2D eigenvalue weighted by molar-refractivity contribution is 6.33. The lowest BCUT2D eigenvalue weighted by molar-refractivity contribution is 0.144. The third-order valence-electron chi connectivity index (χ3n) is 5.13. The number of unbranched alkanes of at least 4 members (excludes halogenated alkanes) is 1. The number of para-hydroxylation sites is 1. The summed E-state index contributed by atoms with van der Waals surface area (Å²) >= 11 is 6.41. The molecule has 0 amide bonds. The zero-order valence-corrected chi connectivity index (χ0v) is 17.8. The first kappa shape index (κ1) is 20.9. The largest absolute Gasteiger partial charge is 0.511 e. The summed E-state index contributed by atoms with van der Waals surface area (Å²) in [6.45, 7) is 2.78. The first-order valence-corrected chi connectivity index (χ1v) is 10.5. The fraction of sp³-hybridized carbons (Fsp3) is 0.208. The molecule has 0 saturated carbocycles. The van der Waals surface area contributed by atoms with E-state index in [1.807, 2.05) is 42.5 Å². The van der Waals surface area contributed by atoms with Gasteiger partial charge in [-0.1, -0.05) is 67.4 Å². The number of ether oxygens (including phenoxy) is 1. The summed E-state index contributed by atoms with van der Waals surface area (Å²) < 4.78 is 7.05. The van der Waals surface area contributed by atoms with Crippen LogP contribution in [0.5, 0.6) is 5.75 Å². The van der Waals surface area contributed by atoms with Crippen LogP contribution < -0.4 is 4.74 Å². The molecule has 2 aromatic heterocycles. The van der Waals surface area contributed by atoms with Crippen LogP contribution in [0.2, 0.25) is 5.15 Å². The SMILES string of the molecule is CCCCc1nc2ccnc(Cl)c2n1Cc1ccc(-c2ccccc2OC(=O)O)cc1. The molecule has 7 heteroatoms. The van der Waals surface area contributed by atoms with E-state index in [0.29, 0.717) is 17.4 Å². The van der Waals surface area contributed by atoms with Gasteiger partial charge in [0.15, 0.2) is 5.15 Å². The number of carbonyl (C=O) groups is 1. The lowest BCUT2D eigenvalue weighted by Crippen LogP contribution is -2.06. The van der Waals surface area contributed by atoms with E-state index in [1.54, 1.807) is 18.3 Å². The molecule has 0 spiro atoms. The Kier molecular flexibility index (Phi) is 6.18. The van der Waals surface area contributed by atoms with Crippen LogP contribution in [0, 0.1) is 0 Å². The second-order valence-corrected chi connectivity index (χ2v) is 7.61. The number of hydrogen-bond acceptors (Lipinski definition) is 4. The maximum Gasteiger partial charge on any atom is 0.511 e. The Morgan fingerprint density at radius 2 is 1.90 bits per heavy atom. The topological polar surface area (TPSA) is 77.2 Å². The molecule has 0 bridgehead atoms. The van der Waals surface area contributed by atoms with Crippen LogP contribution in [-0.2, 0) is 13.0 Å². The van der Waals surface area contributed by atoms with Crippen LogP contribution in [0.25, 0.3) is 22.2 Å². The number of aryl methyl sites for hydroxylation is 1.